The van der Waals surface area contributed by atoms with Crippen molar-refractivity contribution in [3.05, 3.63) is 35.9 Å². The molecule has 2 unspecified atom stereocenters. The highest BCUT2D eigenvalue weighted by Crippen LogP contribution is 2.19. The van der Waals surface area contributed by atoms with Gasteiger partial charge in [-0.3, -0.25) is 4.79 Å². The maximum Gasteiger partial charge on any atom is 0.228 e. The van der Waals surface area contributed by atoms with E-state index in [2.05, 4.69) is 10.5 Å². The van der Waals surface area contributed by atoms with E-state index in [9.17, 15) is 4.79 Å². The second kappa shape index (κ2) is 6.64. The van der Waals surface area contributed by atoms with Crippen molar-refractivity contribution >= 4 is 11.7 Å². The van der Waals surface area contributed by atoms with E-state index in [1.54, 1.807) is 6.92 Å². The van der Waals surface area contributed by atoms with Gasteiger partial charge in [0.05, 0.1) is 12.0 Å². The molecule has 0 aliphatic rings. The molecular weight excluding hydrogens is 230 g/mol. The van der Waals surface area contributed by atoms with E-state index in [4.69, 9.17) is 10.9 Å². The summed E-state index contributed by atoms with van der Waals surface area (Å²) in [5.74, 6) is -0.353. The van der Waals surface area contributed by atoms with Gasteiger partial charge in [0.1, 0.15) is 0 Å². The van der Waals surface area contributed by atoms with Crippen molar-refractivity contribution in [1.82, 2.24) is 5.32 Å². The predicted molar refractivity (Wildman–Crippen MR) is 70.5 cm³/mol. The molecule has 0 radical (unpaired) electrons. The molecule has 5 nitrogen and oxygen atoms in total. The Balaban J connectivity index is 2.75. The van der Waals surface area contributed by atoms with Gasteiger partial charge < -0.3 is 16.3 Å². The summed E-state index contributed by atoms with van der Waals surface area (Å²) < 4.78 is 0. The molecule has 0 saturated carbocycles. The van der Waals surface area contributed by atoms with Crippen LogP contribution in [-0.4, -0.2) is 23.0 Å². The lowest BCUT2D eigenvalue weighted by molar-refractivity contribution is -0.122. The summed E-state index contributed by atoms with van der Waals surface area (Å²) in [5, 5.41) is 14.1. The largest absolute Gasteiger partial charge is 0.409 e. The number of amides is 1. The highest BCUT2D eigenvalue weighted by atomic mass is 16.4. The van der Waals surface area contributed by atoms with Crippen molar-refractivity contribution in [2.24, 2.45) is 10.9 Å². The molecule has 0 fully saturated rings. The molecule has 0 bridgehead atoms. The van der Waals surface area contributed by atoms with Crippen LogP contribution in [0.1, 0.15) is 31.7 Å². The van der Waals surface area contributed by atoms with Crippen LogP contribution in [-0.2, 0) is 4.79 Å². The zero-order valence-corrected chi connectivity index (χ0v) is 10.6. The van der Waals surface area contributed by atoms with Crippen molar-refractivity contribution in [1.29, 1.82) is 0 Å². The maximum atomic E-state index is 12.1. The lowest BCUT2D eigenvalue weighted by atomic mass is 9.95. The molecule has 1 aromatic rings. The highest BCUT2D eigenvalue weighted by Gasteiger charge is 2.21. The Kier molecular flexibility index (Phi) is 5.17. The Morgan fingerprint density at radius 1 is 1.44 bits per heavy atom. The number of amidine groups is 1. The van der Waals surface area contributed by atoms with Crippen molar-refractivity contribution in [2.75, 3.05) is 0 Å². The molecule has 0 spiro atoms. The molecule has 1 aromatic carbocycles. The summed E-state index contributed by atoms with van der Waals surface area (Å²) >= 11 is 0. The molecule has 1 rings (SSSR count). The summed E-state index contributed by atoms with van der Waals surface area (Å²) in [5.41, 5.74) is 6.39. The van der Waals surface area contributed by atoms with E-state index < -0.39 is 6.04 Å². The molecule has 0 heterocycles. The van der Waals surface area contributed by atoms with E-state index in [0.717, 1.165) is 5.56 Å². The molecule has 0 aliphatic carbocycles. The lowest BCUT2D eigenvalue weighted by Gasteiger charge is -2.18. The predicted octanol–water partition coefficient (Wildman–Crippen LogP) is 1.43. The Labute approximate surface area is 107 Å². The van der Waals surface area contributed by atoms with E-state index in [-0.39, 0.29) is 17.7 Å². The van der Waals surface area contributed by atoms with Crippen LogP contribution < -0.4 is 11.1 Å². The summed E-state index contributed by atoms with van der Waals surface area (Å²) in [6.45, 7) is 3.62. The fourth-order valence-corrected chi connectivity index (χ4v) is 1.73. The molecule has 0 saturated heterocycles. The van der Waals surface area contributed by atoms with Crippen LogP contribution in [0.25, 0.3) is 0 Å². The van der Waals surface area contributed by atoms with Gasteiger partial charge in [-0.15, -0.1) is 0 Å². The average molecular weight is 249 g/mol. The minimum atomic E-state index is -0.486. The van der Waals surface area contributed by atoms with Crippen LogP contribution >= 0.6 is 0 Å². The molecule has 1 amide bonds. The third-order valence-electron chi connectivity index (χ3n) is 2.84. The Hall–Kier alpha value is -2.04. The van der Waals surface area contributed by atoms with Crippen molar-refractivity contribution in [3.63, 3.8) is 0 Å². The van der Waals surface area contributed by atoms with Gasteiger partial charge in [-0.25, -0.2) is 0 Å². The first-order valence-corrected chi connectivity index (χ1v) is 5.92. The Morgan fingerprint density at radius 3 is 2.56 bits per heavy atom. The normalized spacial score (nSPS) is 14.9. The van der Waals surface area contributed by atoms with Crippen LogP contribution in [0.15, 0.2) is 35.5 Å². The second-order valence-electron chi connectivity index (χ2n) is 4.13. The SMILES string of the molecule is CCC(C(=O)NC(C)/C(N)=N/O)c1ccccc1. The monoisotopic (exact) mass is 249 g/mol. The van der Waals surface area contributed by atoms with Crippen molar-refractivity contribution < 1.29 is 10.0 Å². The molecule has 18 heavy (non-hydrogen) atoms. The summed E-state index contributed by atoms with van der Waals surface area (Å²) in [4.78, 5) is 12.1. The number of benzene rings is 1. The van der Waals surface area contributed by atoms with Gasteiger partial charge >= 0.3 is 0 Å². The lowest BCUT2D eigenvalue weighted by Crippen LogP contribution is -2.44. The summed E-state index contributed by atoms with van der Waals surface area (Å²) in [6, 6.07) is 9.06. The standard InChI is InChI=1S/C13H19N3O2/c1-3-11(10-7-5-4-6-8-10)13(17)15-9(2)12(14)16-18/h4-9,11,18H,3H2,1-2H3,(H2,14,16)(H,15,17). The van der Waals surface area contributed by atoms with E-state index in [1.807, 2.05) is 37.3 Å². The van der Waals surface area contributed by atoms with Gasteiger partial charge in [0.2, 0.25) is 5.91 Å². The quantitative estimate of drug-likeness (QED) is 0.319. The number of hydrogen-bond acceptors (Lipinski definition) is 3. The van der Waals surface area contributed by atoms with E-state index in [1.165, 1.54) is 0 Å². The van der Waals surface area contributed by atoms with Gasteiger partial charge in [0.25, 0.3) is 0 Å². The van der Waals surface area contributed by atoms with Gasteiger partial charge in [-0.2, -0.15) is 0 Å². The van der Waals surface area contributed by atoms with Gasteiger partial charge in [0, 0.05) is 0 Å². The molecule has 5 heteroatoms. The van der Waals surface area contributed by atoms with Gasteiger partial charge in [-0.05, 0) is 18.9 Å². The maximum absolute atomic E-state index is 12.1. The molecular formula is C13H19N3O2. The minimum absolute atomic E-state index is 0.00809. The first-order chi connectivity index (χ1) is 8.60. The van der Waals surface area contributed by atoms with Crippen LogP contribution in [0.2, 0.25) is 0 Å². The Bertz CT molecular complexity index is 418. The van der Waals surface area contributed by atoms with E-state index in [0.29, 0.717) is 6.42 Å². The zero-order valence-electron chi connectivity index (χ0n) is 10.6. The minimum Gasteiger partial charge on any atom is -0.409 e. The number of nitrogens with two attached hydrogens (primary N) is 1. The molecule has 98 valence electrons. The Morgan fingerprint density at radius 2 is 2.06 bits per heavy atom. The number of hydrogen-bond donors (Lipinski definition) is 3. The number of carbonyl (C=O) groups excluding carboxylic acids is 1. The van der Waals surface area contributed by atoms with Crippen LogP contribution in [0.5, 0.6) is 0 Å². The first kappa shape index (κ1) is 14.0. The second-order valence-corrected chi connectivity index (χ2v) is 4.13. The van der Waals surface area contributed by atoms with Crippen LogP contribution in [0, 0.1) is 0 Å². The third kappa shape index (κ3) is 3.48. The molecule has 2 atom stereocenters. The summed E-state index contributed by atoms with van der Waals surface area (Å²) in [7, 11) is 0. The number of nitrogens with zero attached hydrogens (tertiary/aromatic N) is 1. The fourth-order valence-electron chi connectivity index (χ4n) is 1.73. The first-order valence-electron chi connectivity index (χ1n) is 5.92. The topological polar surface area (TPSA) is 87.7 Å². The van der Waals surface area contributed by atoms with Crippen molar-refractivity contribution in [3.8, 4) is 0 Å². The van der Waals surface area contributed by atoms with Crippen molar-refractivity contribution in [2.45, 2.75) is 32.2 Å². The van der Waals surface area contributed by atoms with Crippen LogP contribution in [0.3, 0.4) is 0 Å². The number of carbonyl (C=O) groups is 1. The average Bonchev–Trinajstić information content (AvgIpc) is 2.39. The van der Waals surface area contributed by atoms with Gasteiger partial charge in [-0.1, -0.05) is 42.4 Å². The molecule has 0 aliphatic heterocycles. The highest BCUT2D eigenvalue weighted by molar-refractivity contribution is 5.91. The number of oxime groups is 1. The molecule has 4 N–H and O–H groups in total. The third-order valence-corrected chi connectivity index (χ3v) is 2.84. The molecule has 0 aromatic heterocycles. The smallest absolute Gasteiger partial charge is 0.228 e. The fraction of sp³-hybridized carbons (Fsp3) is 0.385. The van der Waals surface area contributed by atoms with Gasteiger partial charge in [0.15, 0.2) is 5.84 Å². The number of nitrogens with one attached hydrogen (secondary N) is 1. The van der Waals surface area contributed by atoms with E-state index >= 15 is 0 Å². The zero-order chi connectivity index (χ0) is 13.5. The summed E-state index contributed by atoms with van der Waals surface area (Å²) in [6.07, 6.45) is 0.693. The van der Waals surface area contributed by atoms with Crippen LogP contribution in [0.4, 0.5) is 0 Å². The number of rotatable bonds is 5.